The van der Waals surface area contributed by atoms with E-state index in [1.807, 2.05) is 45.1 Å². The van der Waals surface area contributed by atoms with E-state index in [9.17, 15) is 14.4 Å². The van der Waals surface area contributed by atoms with Crippen LogP contribution in [0.1, 0.15) is 108 Å². The molecule has 5 heterocycles. The van der Waals surface area contributed by atoms with Gasteiger partial charge in [-0.25, -0.2) is 0 Å². The van der Waals surface area contributed by atoms with Crippen LogP contribution in [-0.2, 0) is 31.9 Å². The van der Waals surface area contributed by atoms with E-state index >= 15 is 0 Å². The number of ketones is 1. The summed E-state index contributed by atoms with van der Waals surface area (Å²) in [6.07, 6.45) is 10.6. The molecule has 51 heavy (non-hydrogen) atoms. The molecule has 3 aromatic rings. The van der Waals surface area contributed by atoms with Crippen LogP contribution in [0, 0.1) is 38.5 Å². The normalized spacial score (nSPS) is 22.4. The minimum atomic E-state index is -1.17. The number of ether oxygens (including phenoxy) is 2. The molecule has 9 nitrogen and oxygen atoms in total. The van der Waals surface area contributed by atoms with Crippen molar-refractivity contribution in [2.75, 3.05) is 13.7 Å². The van der Waals surface area contributed by atoms with Crippen molar-refractivity contribution in [2.45, 2.75) is 86.6 Å². The van der Waals surface area contributed by atoms with Crippen molar-refractivity contribution in [3.8, 4) is 0 Å². The summed E-state index contributed by atoms with van der Waals surface area (Å²) in [5, 5.41) is 6.39. The monoisotopic (exact) mass is 698 g/mol. The van der Waals surface area contributed by atoms with Gasteiger partial charge in [0, 0.05) is 12.0 Å². The van der Waals surface area contributed by atoms with E-state index in [4.69, 9.17) is 29.7 Å². The molecule has 10 heteroatoms. The number of methoxy groups -OCH3 is 1. The molecule has 0 N–H and O–H groups in total. The van der Waals surface area contributed by atoms with E-state index in [1.165, 1.54) is 7.11 Å². The molecule has 1 unspecified atom stereocenters. The number of nitrogens with zero attached hydrogens (tertiary/aromatic N) is 4. The molecule has 264 valence electrons. The maximum atomic E-state index is 14.2. The maximum Gasteiger partial charge on any atom is 2.00 e. The summed E-state index contributed by atoms with van der Waals surface area (Å²) in [5.41, 5.74) is 11.3. The standard InChI is InChI=1S/C41H47N4O5.Mg/c1-10-20(4)15-16-50-34(46)14-13-27-23(7)30-17-28-21(5)25(11-2)32(42-28)18-29-22(6)26(12-3)33(43-29)19-31-24(8)35-39(45-31)36(38(27)44-30)37(40(35)47)41(48)49-9;/h11,15,17,19,23,27,37-38H,2,10,12-14,16,18H2,1,3-9H3,(H,43,47);/q-3;+2/p-1/b20-15+,30-17+;/t23-,27-,37+,38?;/m0./s1. The van der Waals surface area contributed by atoms with Gasteiger partial charge in [-0.1, -0.05) is 85.0 Å². The van der Waals surface area contributed by atoms with Gasteiger partial charge >= 0.3 is 35.0 Å². The molecule has 3 aromatic heterocycles. The summed E-state index contributed by atoms with van der Waals surface area (Å²) < 4.78 is 10.8. The first-order chi connectivity index (χ1) is 23.9. The Morgan fingerprint density at radius 1 is 1.02 bits per heavy atom. The van der Waals surface area contributed by atoms with Gasteiger partial charge in [-0.15, -0.1) is 27.8 Å². The average Bonchev–Trinajstić information content (AvgIpc) is 3.84. The predicted molar refractivity (Wildman–Crippen MR) is 200 cm³/mol. The second-order valence-electron chi connectivity index (χ2n) is 13.8. The van der Waals surface area contributed by atoms with Crippen molar-refractivity contribution in [1.29, 1.82) is 0 Å². The summed E-state index contributed by atoms with van der Waals surface area (Å²) in [6, 6.07) is -0.596. The first-order valence-corrected chi connectivity index (χ1v) is 17.6. The van der Waals surface area contributed by atoms with E-state index in [2.05, 4.69) is 34.3 Å². The van der Waals surface area contributed by atoms with Crippen LogP contribution in [0.3, 0.4) is 0 Å². The number of aromatic nitrogens is 3. The van der Waals surface area contributed by atoms with Gasteiger partial charge in [-0.2, -0.15) is 11.4 Å². The van der Waals surface area contributed by atoms with Gasteiger partial charge in [0.25, 0.3) is 0 Å². The number of rotatable bonds is 9. The predicted octanol–water partition coefficient (Wildman–Crippen LogP) is 4.91. The Kier molecular flexibility index (Phi) is 11.5. The second kappa shape index (κ2) is 15.3. The molecule has 1 aliphatic carbocycles. The van der Waals surface area contributed by atoms with Gasteiger partial charge < -0.3 is 29.7 Å². The minimum Gasteiger partial charge on any atom is -0.681 e. The van der Waals surface area contributed by atoms with Crippen LogP contribution < -0.4 is 25.7 Å². The minimum absolute atomic E-state index is 0. The van der Waals surface area contributed by atoms with Crippen molar-refractivity contribution < 1.29 is 23.9 Å². The van der Waals surface area contributed by atoms with Gasteiger partial charge in [0.2, 0.25) is 0 Å². The quantitative estimate of drug-likeness (QED) is 0.134. The Morgan fingerprint density at radius 2 is 1.75 bits per heavy atom. The number of hydrogen-bond acceptors (Lipinski definition) is 5. The van der Waals surface area contributed by atoms with Crippen LogP contribution in [0.25, 0.3) is 29.1 Å². The Hall–Kier alpha value is -4.02. The summed E-state index contributed by atoms with van der Waals surface area (Å²) in [6.45, 7) is 18.6. The zero-order valence-corrected chi connectivity index (χ0v) is 32.5. The molecule has 2 aliphatic heterocycles. The average molecular weight is 699 g/mol. The molecule has 8 bridgehead atoms. The summed E-state index contributed by atoms with van der Waals surface area (Å²) in [4.78, 5) is 55.8. The number of Topliss-reactive ketones (excluding diaryl/α,β-unsaturated/α-hetero) is 1. The van der Waals surface area contributed by atoms with Gasteiger partial charge in [0.05, 0.1) is 7.11 Å². The Morgan fingerprint density at radius 3 is 2.41 bits per heavy atom. The topological polar surface area (TPSA) is 126 Å². The van der Waals surface area contributed by atoms with Gasteiger partial charge in [-0.05, 0) is 76.9 Å². The first-order valence-electron chi connectivity index (χ1n) is 17.6. The summed E-state index contributed by atoms with van der Waals surface area (Å²) >= 11 is 0. The van der Waals surface area contributed by atoms with Crippen LogP contribution in [-0.4, -0.2) is 60.5 Å². The number of fused-ring (bicyclic) bond motifs is 8. The van der Waals surface area contributed by atoms with Crippen LogP contribution in [0.5, 0.6) is 0 Å². The molecular weight excluding hydrogens is 653 g/mol. The van der Waals surface area contributed by atoms with Crippen molar-refractivity contribution in [3.05, 3.63) is 96.1 Å². The Labute approximate surface area is 316 Å². The van der Waals surface area contributed by atoms with Crippen molar-refractivity contribution >= 4 is 64.6 Å². The van der Waals surface area contributed by atoms with Gasteiger partial charge in [0.1, 0.15) is 12.5 Å². The zero-order chi connectivity index (χ0) is 36.0. The first kappa shape index (κ1) is 38.2. The molecule has 0 amide bonds. The van der Waals surface area contributed by atoms with Gasteiger partial charge in [-0.3, -0.25) is 14.4 Å². The van der Waals surface area contributed by atoms with E-state index in [-0.39, 0.29) is 59.7 Å². The molecule has 0 aromatic carbocycles. The molecule has 6 rings (SSSR count). The number of hydrogen-bond donors (Lipinski definition) is 0. The Balaban J connectivity index is 0.00000504. The summed E-state index contributed by atoms with van der Waals surface area (Å²) in [5.74, 6) is -2.79. The molecular formula is C41H46MgN4O5-2. The number of esters is 2. The summed E-state index contributed by atoms with van der Waals surface area (Å²) in [7, 11) is 1.29. The van der Waals surface area contributed by atoms with Crippen molar-refractivity contribution in [2.24, 2.45) is 17.8 Å². The maximum absolute atomic E-state index is 14.2. The fraction of sp³-hybridized carbons (Fsp3) is 0.439. The third kappa shape index (κ3) is 6.73. The number of carbonyl (C=O) groups is 3. The van der Waals surface area contributed by atoms with Crippen LogP contribution in [0.15, 0.2) is 23.9 Å². The molecule has 1 fully saturated rings. The van der Waals surface area contributed by atoms with E-state index in [1.54, 1.807) is 0 Å². The van der Waals surface area contributed by atoms with Gasteiger partial charge in [0.15, 0.2) is 5.78 Å². The second-order valence-corrected chi connectivity index (χ2v) is 13.8. The molecule has 0 saturated carbocycles. The SMILES string of the molecule is C=Cc1c2[n-]c(c1C)/C=C1/[N-]C(C3=c4[n-]/c(c(C)c4C(=O)[C@@H]3C(=O)OC)=C\c3[n-]c(c(C)c3CC)C2)[C@@H](CCC(=O)OC/C=C(\C)CC)[C@@H]1C.[Mg+2]. The smallest absolute Gasteiger partial charge is 0.681 e. The van der Waals surface area contributed by atoms with E-state index < -0.39 is 17.9 Å². The third-order valence-electron chi connectivity index (χ3n) is 11.1. The fourth-order valence-electron chi connectivity index (χ4n) is 7.84. The zero-order valence-electron chi connectivity index (χ0n) is 31.1. The Bertz CT molecular complexity index is 2090. The number of carbonyl (C=O) groups excluding carboxylic acids is 3. The van der Waals surface area contributed by atoms with Crippen LogP contribution in [0.2, 0.25) is 0 Å². The molecule has 3 aliphatic rings. The molecule has 0 spiro atoms. The molecule has 0 radical (unpaired) electrons. The molecule has 4 atom stereocenters. The van der Waals surface area contributed by atoms with Crippen molar-refractivity contribution in [3.63, 3.8) is 0 Å². The molecule has 1 saturated heterocycles. The van der Waals surface area contributed by atoms with Crippen LogP contribution in [0.4, 0.5) is 0 Å². The van der Waals surface area contributed by atoms with E-state index in [0.29, 0.717) is 40.2 Å². The van der Waals surface area contributed by atoms with Crippen molar-refractivity contribution in [1.82, 2.24) is 15.0 Å². The number of allylic oxidation sites excluding steroid dienone is 2. The fourth-order valence-corrected chi connectivity index (χ4v) is 7.84. The van der Waals surface area contributed by atoms with E-state index in [0.717, 1.165) is 69.1 Å². The largest absolute Gasteiger partial charge is 2.00 e. The third-order valence-corrected chi connectivity index (χ3v) is 11.1. The van der Waals surface area contributed by atoms with Crippen LogP contribution >= 0.6 is 0 Å².